The van der Waals surface area contributed by atoms with Gasteiger partial charge in [0.1, 0.15) is 17.3 Å². The van der Waals surface area contributed by atoms with Crippen molar-refractivity contribution >= 4 is 23.5 Å². The zero-order chi connectivity index (χ0) is 19.4. The van der Waals surface area contributed by atoms with Crippen LogP contribution >= 0.6 is 0 Å². The van der Waals surface area contributed by atoms with Gasteiger partial charge in [0.15, 0.2) is 0 Å². The summed E-state index contributed by atoms with van der Waals surface area (Å²) in [6, 6.07) is 12.7. The zero-order valence-corrected chi connectivity index (χ0v) is 13.8. The fourth-order valence-corrected chi connectivity index (χ4v) is 2.35. The van der Waals surface area contributed by atoms with Crippen molar-refractivity contribution in [2.24, 2.45) is 5.10 Å². The molecule has 2 aromatic carbocycles. The Hall–Kier alpha value is -4.01. The third-order valence-electron chi connectivity index (χ3n) is 3.61. The molecule has 0 bridgehead atoms. The van der Waals surface area contributed by atoms with Crippen molar-refractivity contribution in [1.82, 2.24) is 5.43 Å². The summed E-state index contributed by atoms with van der Waals surface area (Å²) in [6.07, 6.45) is 1.23. The number of amides is 1. The second kappa shape index (κ2) is 7.48. The number of para-hydroxylation sites is 1. The molecule has 0 saturated carbocycles. The molecule has 1 aromatic heterocycles. The Kier molecular flexibility index (Phi) is 4.93. The molecule has 3 aromatic rings. The molecule has 0 aliphatic heterocycles. The minimum atomic E-state index is -0.721. The normalized spacial score (nSPS) is 10.9. The van der Waals surface area contributed by atoms with Gasteiger partial charge in [0.05, 0.1) is 28.3 Å². The summed E-state index contributed by atoms with van der Waals surface area (Å²) in [5.41, 5.74) is 8.32. The van der Waals surface area contributed by atoms with Crippen LogP contribution in [0.2, 0.25) is 0 Å². The van der Waals surface area contributed by atoms with E-state index in [1.165, 1.54) is 24.4 Å². The lowest BCUT2D eigenvalue weighted by Crippen LogP contribution is -2.18. The molecule has 0 atom stereocenters. The van der Waals surface area contributed by atoms with Gasteiger partial charge in [-0.1, -0.05) is 12.1 Å². The highest BCUT2D eigenvalue weighted by Gasteiger charge is 2.19. The number of nitrogen functional groups attached to an aromatic ring is 1. The third kappa shape index (κ3) is 3.98. The van der Waals surface area contributed by atoms with Crippen LogP contribution in [0.25, 0.3) is 11.3 Å². The van der Waals surface area contributed by atoms with Gasteiger partial charge in [-0.25, -0.2) is 9.82 Å². The van der Waals surface area contributed by atoms with Crippen LogP contribution in [0, 0.1) is 15.9 Å². The maximum absolute atomic E-state index is 13.2. The standard InChI is InChI=1S/C18H13FN4O4/c19-11-5-7-14(16(9-11)23(25)26)17-8-6-12(27-17)10-21-22-18(24)13-3-1-2-4-15(13)20/h1-10H,20H2,(H,22,24)/b21-10+. The topological polar surface area (TPSA) is 124 Å². The van der Waals surface area contributed by atoms with Crippen molar-refractivity contribution in [3.05, 3.63) is 81.9 Å². The molecule has 0 saturated heterocycles. The average molecular weight is 368 g/mol. The molecular weight excluding hydrogens is 355 g/mol. The number of hydrazone groups is 1. The monoisotopic (exact) mass is 368 g/mol. The van der Waals surface area contributed by atoms with E-state index < -0.39 is 22.3 Å². The fraction of sp³-hybridized carbons (Fsp3) is 0. The van der Waals surface area contributed by atoms with Crippen LogP contribution in [0.4, 0.5) is 15.8 Å². The number of nitro groups is 1. The Bertz CT molecular complexity index is 1050. The summed E-state index contributed by atoms with van der Waals surface area (Å²) in [5.74, 6) is -0.807. The summed E-state index contributed by atoms with van der Waals surface area (Å²) in [7, 11) is 0. The Labute approximate surface area is 152 Å². The van der Waals surface area contributed by atoms with Crippen molar-refractivity contribution in [2.45, 2.75) is 0 Å². The fourth-order valence-electron chi connectivity index (χ4n) is 2.35. The van der Waals surface area contributed by atoms with Crippen molar-refractivity contribution in [2.75, 3.05) is 5.73 Å². The van der Waals surface area contributed by atoms with Crippen molar-refractivity contribution < 1.29 is 18.5 Å². The van der Waals surface area contributed by atoms with Crippen molar-refractivity contribution in [3.8, 4) is 11.3 Å². The first kappa shape index (κ1) is 17.8. The van der Waals surface area contributed by atoms with E-state index in [9.17, 15) is 19.3 Å². The molecule has 8 nitrogen and oxygen atoms in total. The quantitative estimate of drug-likeness (QED) is 0.309. The van der Waals surface area contributed by atoms with Gasteiger partial charge in [-0.15, -0.1) is 0 Å². The Balaban J connectivity index is 1.75. The number of furan rings is 1. The average Bonchev–Trinajstić information content (AvgIpc) is 3.10. The number of nitrogens with two attached hydrogens (primary N) is 1. The largest absolute Gasteiger partial charge is 0.455 e. The van der Waals surface area contributed by atoms with Gasteiger partial charge in [0.2, 0.25) is 0 Å². The van der Waals surface area contributed by atoms with Gasteiger partial charge in [0.25, 0.3) is 11.6 Å². The summed E-state index contributed by atoms with van der Waals surface area (Å²) in [4.78, 5) is 22.4. The number of rotatable bonds is 5. The highest BCUT2D eigenvalue weighted by molar-refractivity contribution is 5.99. The number of carbonyl (C=O) groups excluding carboxylic acids is 1. The number of hydrogen-bond donors (Lipinski definition) is 2. The van der Waals surface area contributed by atoms with Gasteiger partial charge >= 0.3 is 0 Å². The smallest absolute Gasteiger partial charge is 0.283 e. The molecule has 0 aliphatic rings. The second-order valence-electron chi connectivity index (χ2n) is 5.41. The Morgan fingerprint density at radius 2 is 2.00 bits per heavy atom. The lowest BCUT2D eigenvalue weighted by atomic mass is 10.1. The van der Waals surface area contributed by atoms with Gasteiger partial charge in [-0.05, 0) is 36.4 Å². The van der Waals surface area contributed by atoms with E-state index in [-0.39, 0.29) is 22.6 Å². The van der Waals surface area contributed by atoms with Crippen LogP contribution in [0.5, 0.6) is 0 Å². The van der Waals surface area contributed by atoms with Crippen molar-refractivity contribution in [3.63, 3.8) is 0 Å². The highest BCUT2D eigenvalue weighted by atomic mass is 19.1. The maximum Gasteiger partial charge on any atom is 0.283 e. The molecule has 0 fully saturated rings. The van der Waals surface area contributed by atoms with E-state index in [1.807, 2.05) is 0 Å². The number of nitrogens with zero attached hydrogens (tertiary/aromatic N) is 2. The predicted molar refractivity (Wildman–Crippen MR) is 96.7 cm³/mol. The molecule has 136 valence electrons. The van der Waals surface area contributed by atoms with E-state index in [0.29, 0.717) is 5.69 Å². The summed E-state index contributed by atoms with van der Waals surface area (Å²) < 4.78 is 18.7. The zero-order valence-electron chi connectivity index (χ0n) is 13.8. The first-order valence-corrected chi connectivity index (χ1v) is 7.68. The lowest BCUT2D eigenvalue weighted by molar-refractivity contribution is -0.384. The predicted octanol–water partition coefficient (Wildman–Crippen LogP) is 3.34. The van der Waals surface area contributed by atoms with Crippen LogP contribution in [0.1, 0.15) is 16.1 Å². The van der Waals surface area contributed by atoms with E-state index >= 15 is 0 Å². The van der Waals surface area contributed by atoms with Crippen LogP contribution in [0.3, 0.4) is 0 Å². The molecule has 0 aliphatic carbocycles. The number of benzene rings is 2. The highest BCUT2D eigenvalue weighted by Crippen LogP contribution is 2.31. The Morgan fingerprint density at radius 3 is 2.74 bits per heavy atom. The maximum atomic E-state index is 13.2. The number of halogens is 1. The Morgan fingerprint density at radius 1 is 1.22 bits per heavy atom. The molecule has 1 amide bonds. The number of nitrogens with one attached hydrogen (secondary N) is 1. The number of anilines is 1. The molecule has 3 rings (SSSR count). The SMILES string of the molecule is Nc1ccccc1C(=O)N/N=C/c1ccc(-c2ccc(F)cc2[N+](=O)[O-])o1. The number of carbonyl (C=O) groups is 1. The first-order valence-electron chi connectivity index (χ1n) is 7.68. The van der Waals surface area contributed by atoms with Crippen LogP contribution in [0.15, 0.2) is 64.1 Å². The van der Waals surface area contributed by atoms with E-state index in [1.54, 1.807) is 24.3 Å². The molecular formula is C18H13FN4O4. The second-order valence-corrected chi connectivity index (χ2v) is 5.41. The number of nitro benzene ring substituents is 1. The molecule has 3 N–H and O–H groups in total. The molecule has 0 unspecified atom stereocenters. The molecule has 0 spiro atoms. The van der Waals surface area contributed by atoms with Crippen molar-refractivity contribution in [1.29, 1.82) is 0 Å². The minimum Gasteiger partial charge on any atom is -0.455 e. The summed E-state index contributed by atoms with van der Waals surface area (Å²) in [5, 5.41) is 14.8. The van der Waals surface area contributed by atoms with E-state index in [2.05, 4.69) is 10.5 Å². The molecule has 0 radical (unpaired) electrons. The van der Waals surface area contributed by atoms with E-state index in [0.717, 1.165) is 12.1 Å². The molecule has 9 heteroatoms. The van der Waals surface area contributed by atoms with Gasteiger partial charge in [-0.3, -0.25) is 14.9 Å². The van der Waals surface area contributed by atoms with Crippen LogP contribution in [-0.4, -0.2) is 17.0 Å². The van der Waals surface area contributed by atoms with Gasteiger partial charge < -0.3 is 10.2 Å². The number of hydrogen-bond acceptors (Lipinski definition) is 6. The van der Waals surface area contributed by atoms with E-state index in [4.69, 9.17) is 10.2 Å². The lowest BCUT2D eigenvalue weighted by Gasteiger charge is -2.02. The summed E-state index contributed by atoms with van der Waals surface area (Å²) >= 11 is 0. The van der Waals surface area contributed by atoms with Crippen LogP contribution in [-0.2, 0) is 0 Å². The minimum absolute atomic E-state index is 0.127. The van der Waals surface area contributed by atoms with Gasteiger partial charge in [0, 0.05) is 5.69 Å². The van der Waals surface area contributed by atoms with Crippen LogP contribution < -0.4 is 11.2 Å². The third-order valence-corrected chi connectivity index (χ3v) is 3.61. The first-order chi connectivity index (χ1) is 13.0. The summed E-state index contributed by atoms with van der Waals surface area (Å²) in [6.45, 7) is 0. The molecule has 27 heavy (non-hydrogen) atoms. The van der Waals surface area contributed by atoms with Gasteiger partial charge in [-0.2, -0.15) is 5.10 Å². The molecule has 1 heterocycles.